The van der Waals surface area contributed by atoms with Gasteiger partial charge >= 0.3 is 0 Å². The molecule has 1 N–H and O–H groups in total. The molecule has 2 aromatic rings. The number of hydrogen-bond donors (Lipinski definition) is 1. The van der Waals surface area contributed by atoms with Crippen molar-refractivity contribution in [2.75, 3.05) is 13.1 Å². The van der Waals surface area contributed by atoms with Gasteiger partial charge in [0.05, 0.1) is 12.6 Å². The lowest BCUT2D eigenvalue weighted by atomic mass is 9.98. The van der Waals surface area contributed by atoms with E-state index in [1.54, 1.807) is 35.6 Å². The lowest BCUT2D eigenvalue weighted by Gasteiger charge is -2.35. The van der Waals surface area contributed by atoms with Crippen molar-refractivity contribution >= 4 is 34.8 Å². The van der Waals surface area contributed by atoms with E-state index in [1.807, 2.05) is 4.90 Å². The van der Waals surface area contributed by atoms with Gasteiger partial charge in [0, 0.05) is 22.0 Å². The summed E-state index contributed by atoms with van der Waals surface area (Å²) in [4.78, 5) is 28.0. The molecule has 3 rings (SSSR count). The van der Waals surface area contributed by atoms with Gasteiger partial charge in [-0.15, -0.1) is 11.3 Å². The molecule has 0 bridgehead atoms. The average molecular weight is 363 g/mol. The highest BCUT2D eigenvalue weighted by molar-refractivity contribution is 7.10. The Labute approximate surface area is 150 Å². The van der Waals surface area contributed by atoms with E-state index < -0.39 is 0 Å². The molecule has 0 radical (unpaired) electrons. The smallest absolute Gasteiger partial charge is 0.251 e. The fourth-order valence-electron chi connectivity index (χ4n) is 3.10. The number of hydrogen-bond acceptors (Lipinski definition) is 3. The van der Waals surface area contributed by atoms with Crippen LogP contribution in [0.15, 0.2) is 35.7 Å². The van der Waals surface area contributed by atoms with Gasteiger partial charge in [0.1, 0.15) is 0 Å². The highest BCUT2D eigenvalue weighted by atomic mass is 35.5. The first-order valence-corrected chi connectivity index (χ1v) is 9.25. The van der Waals surface area contributed by atoms with E-state index in [0.717, 1.165) is 12.8 Å². The van der Waals surface area contributed by atoms with E-state index in [-0.39, 0.29) is 24.4 Å². The lowest BCUT2D eigenvalue weighted by Crippen LogP contribution is -2.44. The van der Waals surface area contributed by atoms with Crippen LogP contribution in [0.3, 0.4) is 0 Å². The Kier molecular flexibility index (Phi) is 5.21. The number of carbonyl (C=O) groups is 2. The van der Waals surface area contributed by atoms with Gasteiger partial charge in [0.2, 0.25) is 5.91 Å². The third kappa shape index (κ3) is 3.47. The predicted octanol–water partition coefficient (Wildman–Crippen LogP) is 3.67. The summed E-state index contributed by atoms with van der Waals surface area (Å²) in [5, 5.41) is 5.37. The summed E-state index contributed by atoms with van der Waals surface area (Å²) in [6.07, 6.45) is 1.76. The number of fused-ring (bicyclic) bond motifs is 1. The summed E-state index contributed by atoms with van der Waals surface area (Å²) in [6, 6.07) is 8.84. The quantitative estimate of drug-likeness (QED) is 0.902. The molecule has 1 aliphatic rings. The molecule has 0 unspecified atom stereocenters. The average Bonchev–Trinajstić information content (AvgIpc) is 3.07. The Hall–Kier alpha value is -1.85. The zero-order valence-electron chi connectivity index (χ0n) is 13.4. The van der Waals surface area contributed by atoms with Crippen LogP contribution in [0, 0.1) is 0 Å². The van der Waals surface area contributed by atoms with Gasteiger partial charge in [0.25, 0.3) is 5.91 Å². The van der Waals surface area contributed by atoms with Gasteiger partial charge in [-0.1, -0.05) is 18.5 Å². The minimum Gasteiger partial charge on any atom is -0.343 e. The lowest BCUT2D eigenvalue weighted by molar-refractivity contribution is -0.133. The van der Waals surface area contributed by atoms with Crippen LogP contribution in [-0.4, -0.2) is 29.8 Å². The first-order valence-electron chi connectivity index (χ1n) is 7.99. The highest BCUT2D eigenvalue weighted by Crippen LogP contribution is 2.35. The number of halogens is 1. The molecule has 126 valence electrons. The standard InChI is InChI=1S/C18H19ClN2O2S/c1-2-15-14-8-10-24-16(14)7-9-21(15)17(22)11-20-18(23)12-3-5-13(19)6-4-12/h3-6,8,10,15H,2,7,9,11H2,1H3,(H,20,23)/t15-/m1/s1. The van der Waals surface area contributed by atoms with Gasteiger partial charge < -0.3 is 10.2 Å². The molecular formula is C18H19ClN2O2S. The number of carbonyl (C=O) groups excluding carboxylic acids is 2. The Bertz CT molecular complexity index is 742. The first kappa shape index (κ1) is 17.0. The minimum atomic E-state index is -0.263. The van der Waals surface area contributed by atoms with Crippen molar-refractivity contribution in [3.8, 4) is 0 Å². The predicted molar refractivity (Wildman–Crippen MR) is 96.6 cm³/mol. The maximum absolute atomic E-state index is 12.6. The van der Waals surface area contributed by atoms with Crippen LogP contribution in [-0.2, 0) is 11.2 Å². The van der Waals surface area contributed by atoms with Crippen molar-refractivity contribution in [2.45, 2.75) is 25.8 Å². The van der Waals surface area contributed by atoms with Gasteiger partial charge in [-0.2, -0.15) is 0 Å². The molecule has 0 fully saturated rings. The first-order chi connectivity index (χ1) is 11.6. The topological polar surface area (TPSA) is 49.4 Å². The summed E-state index contributed by atoms with van der Waals surface area (Å²) < 4.78 is 0. The second kappa shape index (κ2) is 7.36. The minimum absolute atomic E-state index is 0.0113. The van der Waals surface area contributed by atoms with Crippen LogP contribution < -0.4 is 5.32 Å². The summed E-state index contributed by atoms with van der Waals surface area (Å²) in [5.74, 6) is -0.303. The Morgan fingerprint density at radius 1 is 1.29 bits per heavy atom. The number of nitrogens with one attached hydrogen (secondary N) is 1. The number of thiophene rings is 1. The van der Waals surface area contributed by atoms with Gasteiger partial charge in [-0.05, 0) is 54.1 Å². The van der Waals surface area contributed by atoms with Crippen molar-refractivity contribution in [3.63, 3.8) is 0 Å². The van der Waals surface area contributed by atoms with E-state index in [0.29, 0.717) is 17.1 Å². The molecule has 1 aromatic heterocycles. The van der Waals surface area contributed by atoms with Crippen LogP contribution in [0.25, 0.3) is 0 Å². The summed E-state index contributed by atoms with van der Waals surface area (Å²) in [6.45, 7) is 2.81. The monoisotopic (exact) mass is 362 g/mol. The molecule has 1 atom stereocenters. The molecular weight excluding hydrogens is 344 g/mol. The zero-order chi connectivity index (χ0) is 17.1. The fraction of sp³-hybridized carbons (Fsp3) is 0.333. The largest absolute Gasteiger partial charge is 0.343 e. The maximum atomic E-state index is 12.6. The molecule has 2 amide bonds. The Balaban J connectivity index is 1.63. The second-order valence-corrected chi connectivity index (χ2v) is 7.19. The van der Waals surface area contributed by atoms with Crippen LogP contribution in [0.4, 0.5) is 0 Å². The van der Waals surface area contributed by atoms with Crippen LogP contribution in [0.5, 0.6) is 0 Å². The number of nitrogens with zero attached hydrogens (tertiary/aromatic N) is 1. The van der Waals surface area contributed by atoms with Gasteiger partial charge in [-0.25, -0.2) is 0 Å². The second-order valence-electron chi connectivity index (χ2n) is 5.75. The molecule has 2 heterocycles. The molecule has 1 aliphatic heterocycles. The van der Waals surface area contributed by atoms with E-state index >= 15 is 0 Å². The molecule has 24 heavy (non-hydrogen) atoms. The van der Waals surface area contributed by atoms with Crippen molar-refractivity contribution in [1.82, 2.24) is 10.2 Å². The van der Waals surface area contributed by atoms with Crippen molar-refractivity contribution < 1.29 is 9.59 Å². The van der Waals surface area contributed by atoms with E-state index in [9.17, 15) is 9.59 Å². The fourth-order valence-corrected chi connectivity index (χ4v) is 4.15. The molecule has 0 saturated carbocycles. The number of rotatable bonds is 4. The third-order valence-corrected chi connectivity index (χ3v) is 5.56. The van der Waals surface area contributed by atoms with Crippen LogP contribution >= 0.6 is 22.9 Å². The summed E-state index contributed by atoms with van der Waals surface area (Å²) in [7, 11) is 0. The molecule has 0 spiro atoms. The Morgan fingerprint density at radius 3 is 2.75 bits per heavy atom. The Morgan fingerprint density at radius 2 is 2.04 bits per heavy atom. The van der Waals surface area contributed by atoms with Crippen molar-refractivity contribution in [3.05, 3.63) is 56.7 Å². The molecule has 0 saturated heterocycles. The third-order valence-electron chi connectivity index (χ3n) is 4.31. The number of amides is 2. The SMILES string of the molecule is CC[C@@H]1c2ccsc2CCN1C(=O)CNC(=O)c1ccc(Cl)cc1. The van der Waals surface area contributed by atoms with Crippen molar-refractivity contribution in [2.24, 2.45) is 0 Å². The zero-order valence-corrected chi connectivity index (χ0v) is 15.0. The highest BCUT2D eigenvalue weighted by Gasteiger charge is 2.30. The van der Waals surface area contributed by atoms with Gasteiger partial charge in [0.15, 0.2) is 0 Å². The van der Waals surface area contributed by atoms with Gasteiger partial charge in [-0.3, -0.25) is 9.59 Å². The molecule has 0 aliphatic carbocycles. The van der Waals surface area contributed by atoms with E-state index in [2.05, 4.69) is 23.7 Å². The van der Waals surface area contributed by atoms with Crippen molar-refractivity contribution in [1.29, 1.82) is 0 Å². The van der Waals surface area contributed by atoms with E-state index in [4.69, 9.17) is 11.6 Å². The molecule has 4 nitrogen and oxygen atoms in total. The normalized spacial score (nSPS) is 16.6. The summed E-state index contributed by atoms with van der Waals surface area (Å²) >= 11 is 7.57. The van der Waals surface area contributed by atoms with E-state index in [1.165, 1.54) is 10.4 Å². The maximum Gasteiger partial charge on any atom is 0.251 e. The molecule has 6 heteroatoms. The summed E-state index contributed by atoms with van der Waals surface area (Å²) in [5.41, 5.74) is 1.75. The van der Waals surface area contributed by atoms with Crippen LogP contribution in [0.1, 0.15) is 40.2 Å². The number of benzene rings is 1. The molecule has 1 aromatic carbocycles. The van der Waals surface area contributed by atoms with Crippen LogP contribution in [0.2, 0.25) is 5.02 Å².